The average Bonchev–Trinajstić information content (AvgIpc) is 3.24. The van der Waals surface area contributed by atoms with Gasteiger partial charge in [-0.2, -0.15) is 5.10 Å². The Bertz CT molecular complexity index is 1260. The van der Waals surface area contributed by atoms with Gasteiger partial charge in [0, 0.05) is 11.7 Å². The summed E-state index contributed by atoms with van der Waals surface area (Å²) in [5.74, 6) is -0.145. The van der Waals surface area contributed by atoms with Crippen LogP contribution in [-0.2, 0) is 4.79 Å². The molecular formula is C29H35Cl2N3O4. The van der Waals surface area contributed by atoms with Crippen molar-refractivity contribution in [1.29, 1.82) is 0 Å². The Morgan fingerprint density at radius 3 is 2.21 bits per heavy atom. The fourth-order valence-electron chi connectivity index (χ4n) is 6.95. The van der Waals surface area contributed by atoms with Crippen LogP contribution in [0.4, 0.5) is 0 Å². The molecule has 204 valence electrons. The molecule has 0 aliphatic heterocycles. The number of hydrogen-bond donors (Lipinski definition) is 1. The third kappa shape index (κ3) is 4.56. The second-order valence-electron chi connectivity index (χ2n) is 12.3. The first kappa shape index (κ1) is 27.2. The zero-order chi connectivity index (χ0) is 27.6. The Kier molecular flexibility index (Phi) is 6.92. The molecule has 3 fully saturated rings. The van der Waals surface area contributed by atoms with E-state index in [-0.39, 0.29) is 51.3 Å². The van der Waals surface area contributed by atoms with E-state index in [1.165, 1.54) is 0 Å². The number of nitrogens with zero attached hydrogens (tertiary/aromatic N) is 3. The summed E-state index contributed by atoms with van der Waals surface area (Å²) in [5, 5.41) is 14.7. The quantitative estimate of drug-likeness (QED) is 0.392. The van der Waals surface area contributed by atoms with E-state index in [1.54, 1.807) is 36.2 Å². The molecule has 1 heterocycles. The normalized spacial score (nSPS) is 29.5. The number of fused-ring (bicyclic) bond motifs is 1. The van der Waals surface area contributed by atoms with E-state index in [0.717, 1.165) is 18.5 Å². The molecule has 0 saturated heterocycles. The van der Waals surface area contributed by atoms with Crippen LogP contribution in [-0.4, -0.2) is 50.0 Å². The van der Waals surface area contributed by atoms with E-state index in [1.807, 2.05) is 11.6 Å². The van der Waals surface area contributed by atoms with Crippen LogP contribution in [0.15, 0.2) is 24.4 Å². The van der Waals surface area contributed by atoms with Crippen LogP contribution in [0.25, 0.3) is 0 Å². The molecular weight excluding hydrogens is 525 g/mol. The number of hydrogen-bond acceptors (Lipinski definition) is 4. The lowest BCUT2D eigenvalue weighted by Crippen LogP contribution is -2.43. The maximum atomic E-state index is 14.0. The average molecular weight is 561 g/mol. The van der Waals surface area contributed by atoms with E-state index in [9.17, 15) is 19.5 Å². The first-order valence-electron chi connectivity index (χ1n) is 13.4. The van der Waals surface area contributed by atoms with Gasteiger partial charge in [-0.05, 0) is 81.8 Å². The van der Waals surface area contributed by atoms with Gasteiger partial charge in [0.25, 0.3) is 5.91 Å². The largest absolute Gasteiger partial charge is 0.481 e. The second-order valence-corrected chi connectivity index (χ2v) is 13.1. The Labute approximate surface area is 233 Å². The second kappa shape index (κ2) is 9.67. The van der Waals surface area contributed by atoms with Gasteiger partial charge in [-0.1, -0.05) is 43.1 Å². The molecule has 0 unspecified atom stereocenters. The molecule has 3 saturated carbocycles. The van der Waals surface area contributed by atoms with Crippen molar-refractivity contribution >= 4 is 40.9 Å². The Hall–Kier alpha value is -2.38. The number of carboxylic acids is 1. The number of carbonyl (C=O) groups excluding carboxylic acids is 2. The molecule has 9 heteroatoms. The molecule has 0 spiro atoms. The van der Waals surface area contributed by atoms with E-state index in [2.05, 4.69) is 18.9 Å². The van der Waals surface area contributed by atoms with Crippen LogP contribution in [0.3, 0.4) is 0 Å². The Morgan fingerprint density at radius 1 is 1.08 bits per heavy atom. The minimum Gasteiger partial charge on any atom is -0.481 e. The number of Topliss-reactive ketones (excluding diaryl/α,β-unsaturated/α-hetero) is 1. The molecule has 0 bridgehead atoms. The fourth-order valence-corrected chi connectivity index (χ4v) is 7.56. The molecule has 3 atom stereocenters. The minimum absolute atomic E-state index is 0.0376. The number of ketones is 1. The Morgan fingerprint density at radius 2 is 1.66 bits per heavy atom. The molecule has 7 nitrogen and oxygen atoms in total. The minimum atomic E-state index is -0.763. The van der Waals surface area contributed by atoms with Gasteiger partial charge in [0.1, 0.15) is 0 Å². The van der Waals surface area contributed by atoms with E-state index >= 15 is 0 Å². The number of carboxylic acid groups (broad SMARTS) is 1. The van der Waals surface area contributed by atoms with Crippen LogP contribution in [0.5, 0.6) is 0 Å². The third-order valence-electron chi connectivity index (χ3n) is 9.79. The highest BCUT2D eigenvalue weighted by Gasteiger charge is 2.63. The first-order chi connectivity index (χ1) is 17.8. The van der Waals surface area contributed by atoms with E-state index < -0.39 is 11.4 Å². The maximum Gasteiger partial charge on any atom is 0.309 e. The summed E-state index contributed by atoms with van der Waals surface area (Å²) in [6.45, 7) is 8.12. The molecule has 1 N–H and O–H groups in total. The third-order valence-corrected chi connectivity index (χ3v) is 10.4. The van der Waals surface area contributed by atoms with Crippen LogP contribution in [0, 0.1) is 29.6 Å². The van der Waals surface area contributed by atoms with Gasteiger partial charge in [-0.15, -0.1) is 0 Å². The molecule has 5 rings (SSSR count). The number of benzene rings is 1. The van der Waals surface area contributed by atoms with Crippen molar-refractivity contribution in [3.63, 3.8) is 0 Å². The topological polar surface area (TPSA) is 92.5 Å². The number of aromatic nitrogens is 2. The van der Waals surface area contributed by atoms with Crippen LogP contribution < -0.4 is 0 Å². The standard InChI is InChI=1S/C29H35Cl2N3O4/c1-16-19(14-32-34(16)17-8-10-29(4,11-9-17)27(37)38)26(36)33(18-12-20-21(13-18)28(20,2)3)15-24(35)25-22(30)6-5-7-23(25)31/h5-7,14,17-18,20-21H,8-13,15H2,1-4H3,(H,37,38)/t17-,18-,20-,21+,29-. The predicted octanol–water partition coefficient (Wildman–Crippen LogP) is 6.46. The zero-order valence-corrected chi connectivity index (χ0v) is 23.8. The van der Waals surface area contributed by atoms with Gasteiger partial charge in [0.15, 0.2) is 5.78 Å². The van der Waals surface area contributed by atoms with Crippen molar-refractivity contribution < 1.29 is 19.5 Å². The highest BCUT2D eigenvalue weighted by Crippen LogP contribution is 2.67. The maximum absolute atomic E-state index is 14.0. The summed E-state index contributed by atoms with van der Waals surface area (Å²) in [6.07, 6.45) is 5.85. The predicted molar refractivity (Wildman–Crippen MR) is 146 cm³/mol. The van der Waals surface area contributed by atoms with Gasteiger partial charge < -0.3 is 10.0 Å². The number of rotatable bonds is 7. The smallest absolute Gasteiger partial charge is 0.309 e. The van der Waals surface area contributed by atoms with Crippen molar-refractivity contribution in [3.8, 4) is 0 Å². The Balaban J connectivity index is 1.39. The molecule has 1 aromatic heterocycles. The molecule has 38 heavy (non-hydrogen) atoms. The van der Waals surface area contributed by atoms with Crippen LogP contribution >= 0.6 is 23.2 Å². The first-order valence-corrected chi connectivity index (χ1v) is 14.2. The number of aliphatic carboxylic acids is 1. The summed E-state index contributed by atoms with van der Waals surface area (Å²) >= 11 is 12.7. The van der Waals surface area contributed by atoms with Crippen molar-refractivity contribution in [1.82, 2.24) is 14.7 Å². The van der Waals surface area contributed by atoms with Gasteiger partial charge in [-0.3, -0.25) is 19.1 Å². The summed E-state index contributed by atoms with van der Waals surface area (Å²) in [5.41, 5.74) is 1.04. The lowest BCUT2D eigenvalue weighted by molar-refractivity contribution is -0.150. The number of carbonyl (C=O) groups is 3. The van der Waals surface area contributed by atoms with Crippen molar-refractivity contribution in [3.05, 3.63) is 51.3 Å². The van der Waals surface area contributed by atoms with Crippen LogP contribution in [0.2, 0.25) is 10.0 Å². The highest BCUT2D eigenvalue weighted by atomic mass is 35.5. The lowest BCUT2D eigenvalue weighted by Gasteiger charge is -2.34. The van der Waals surface area contributed by atoms with Gasteiger partial charge in [0.2, 0.25) is 0 Å². The van der Waals surface area contributed by atoms with Gasteiger partial charge >= 0.3 is 5.97 Å². The summed E-state index contributed by atoms with van der Waals surface area (Å²) in [6, 6.07) is 4.96. The molecule has 2 aromatic rings. The molecule has 3 aliphatic carbocycles. The number of halogens is 2. The van der Waals surface area contributed by atoms with Crippen LogP contribution in [0.1, 0.15) is 91.7 Å². The highest BCUT2D eigenvalue weighted by molar-refractivity contribution is 6.40. The zero-order valence-electron chi connectivity index (χ0n) is 22.3. The lowest BCUT2D eigenvalue weighted by atomic mass is 9.74. The van der Waals surface area contributed by atoms with E-state index in [0.29, 0.717) is 43.1 Å². The molecule has 0 radical (unpaired) electrons. The fraction of sp³-hybridized carbons (Fsp3) is 0.586. The van der Waals surface area contributed by atoms with Crippen molar-refractivity contribution in [2.45, 2.75) is 78.3 Å². The van der Waals surface area contributed by atoms with Crippen molar-refractivity contribution in [2.75, 3.05) is 6.54 Å². The molecule has 1 aromatic carbocycles. The van der Waals surface area contributed by atoms with Gasteiger partial charge in [0.05, 0.1) is 45.4 Å². The molecule has 3 aliphatic rings. The SMILES string of the molecule is Cc1c(C(=O)N(CC(=O)c2c(Cl)cccc2Cl)[C@@H]2C[C@@H]3[C@H](C2)C3(C)C)cnn1[C@H]1CC[C@](C)(C(=O)O)CC1. The summed E-state index contributed by atoms with van der Waals surface area (Å²) in [4.78, 5) is 40.8. The monoisotopic (exact) mass is 559 g/mol. The van der Waals surface area contributed by atoms with Gasteiger partial charge in [-0.25, -0.2) is 0 Å². The summed E-state index contributed by atoms with van der Waals surface area (Å²) in [7, 11) is 0. The van der Waals surface area contributed by atoms with E-state index in [4.69, 9.17) is 23.2 Å². The molecule has 1 amide bonds. The number of amides is 1. The summed E-state index contributed by atoms with van der Waals surface area (Å²) < 4.78 is 1.87. The van der Waals surface area contributed by atoms with Crippen molar-refractivity contribution in [2.24, 2.45) is 22.7 Å².